The molecule has 0 saturated heterocycles. The molecule has 0 fully saturated rings. The zero-order valence-corrected chi connectivity index (χ0v) is 8.79. The Morgan fingerprint density at radius 3 is 2.46 bits per heavy atom. The number of methoxy groups -OCH3 is 2. The monoisotopic (exact) mass is 189 g/mol. The second-order valence-corrected chi connectivity index (χ2v) is 2.97. The third-order valence-electron chi connectivity index (χ3n) is 1.90. The Morgan fingerprint density at radius 1 is 1.46 bits per heavy atom. The maximum atomic E-state index is 11.0. The molecular weight excluding hydrogens is 170 g/mol. The second kappa shape index (κ2) is 6.86. The molecule has 1 N–H and O–H groups in total. The highest BCUT2D eigenvalue weighted by Crippen LogP contribution is 1.95. The van der Waals surface area contributed by atoms with Gasteiger partial charge >= 0.3 is 5.97 Å². The zero-order chi connectivity index (χ0) is 10.3. The number of hydrogen-bond acceptors (Lipinski definition) is 4. The summed E-state index contributed by atoms with van der Waals surface area (Å²) in [6.07, 6.45) is 0.926. The second-order valence-electron chi connectivity index (χ2n) is 2.97. The highest BCUT2D eigenvalue weighted by Gasteiger charge is 2.16. The Kier molecular flexibility index (Phi) is 6.54. The van der Waals surface area contributed by atoms with Crippen molar-refractivity contribution in [1.82, 2.24) is 5.32 Å². The molecular formula is C9H19NO3. The minimum absolute atomic E-state index is 0.207. The van der Waals surface area contributed by atoms with Gasteiger partial charge in [0.25, 0.3) is 0 Å². The van der Waals surface area contributed by atoms with Crippen LogP contribution in [0.1, 0.15) is 20.3 Å². The van der Waals surface area contributed by atoms with Crippen molar-refractivity contribution in [3.05, 3.63) is 0 Å². The molecule has 78 valence electrons. The van der Waals surface area contributed by atoms with Gasteiger partial charge in [0.05, 0.1) is 13.7 Å². The molecule has 4 nitrogen and oxygen atoms in total. The van der Waals surface area contributed by atoms with Gasteiger partial charge in [0.1, 0.15) is 6.04 Å². The number of nitrogens with one attached hydrogen (secondary N) is 1. The highest BCUT2D eigenvalue weighted by atomic mass is 16.5. The predicted molar refractivity (Wildman–Crippen MR) is 50.6 cm³/mol. The summed E-state index contributed by atoms with van der Waals surface area (Å²) in [5, 5.41) is 3.12. The van der Waals surface area contributed by atoms with Gasteiger partial charge in [-0.15, -0.1) is 0 Å². The van der Waals surface area contributed by atoms with Crippen LogP contribution in [0.4, 0.5) is 0 Å². The van der Waals surface area contributed by atoms with E-state index in [9.17, 15) is 4.79 Å². The van der Waals surface area contributed by atoms with Crippen molar-refractivity contribution in [2.45, 2.75) is 32.4 Å². The molecule has 0 saturated carbocycles. The molecule has 0 rings (SSSR count). The summed E-state index contributed by atoms with van der Waals surface area (Å²) in [6.45, 7) is 4.43. The van der Waals surface area contributed by atoms with Crippen LogP contribution in [0.2, 0.25) is 0 Å². The SMILES string of the molecule is CCC(COC)NC(C)C(=O)OC. The first-order valence-corrected chi connectivity index (χ1v) is 4.48. The average Bonchev–Trinajstić information content (AvgIpc) is 2.15. The van der Waals surface area contributed by atoms with Crippen LogP contribution < -0.4 is 5.32 Å². The summed E-state index contributed by atoms with van der Waals surface area (Å²) in [5.41, 5.74) is 0. The van der Waals surface area contributed by atoms with E-state index < -0.39 is 0 Å². The first kappa shape index (κ1) is 12.4. The van der Waals surface area contributed by atoms with Gasteiger partial charge in [0.15, 0.2) is 0 Å². The van der Waals surface area contributed by atoms with Gasteiger partial charge in [-0.05, 0) is 13.3 Å². The molecule has 0 aliphatic heterocycles. The number of ether oxygens (including phenoxy) is 2. The maximum absolute atomic E-state index is 11.0. The fourth-order valence-electron chi connectivity index (χ4n) is 1.08. The van der Waals surface area contributed by atoms with Crippen molar-refractivity contribution in [3.63, 3.8) is 0 Å². The number of hydrogen-bond donors (Lipinski definition) is 1. The fraction of sp³-hybridized carbons (Fsp3) is 0.889. The fourth-order valence-corrected chi connectivity index (χ4v) is 1.08. The van der Waals surface area contributed by atoms with E-state index in [-0.39, 0.29) is 18.1 Å². The van der Waals surface area contributed by atoms with Crippen LogP contribution in [0.15, 0.2) is 0 Å². The summed E-state index contributed by atoms with van der Waals surface area (Å²) in [7, 11) is 3.03. The van der Waals surface area contributed by atoms with Crippen LogP contribution in [-0.2, 0) is 14.3 Å². The molecule has 0 amide bonds. The lowest BCUT2D eigenvalue weighted by Gasteiger charge is -2.19. The zero-order valence-electron chi connectivity index (χ0n) is 8.79. The van der Waals surface area contributed by atoms with Crippen molar-refractivity contribution in [3.8, 4) is 0 Å². The third-order valence-corrected chi connectivity index (χ3v) is 1.90. The molecule has 0 aromatic rings. The lowest BCUT2D eigenvalue weighted by molar-refractivity contribution is -0.142. The third kappa shape index (κ3) is 4.85. The maximum Gasteiger partial charge on any atom is 0.322 e. The Bertz CT molecular complexity index is 150. The smallest absolute Gasteiger partial charge is 0.322 e. The predicted octanol–water partition coefficient (Wildman–Crippen LogP) is 0.562. The van der Waals surface area contributed by atoms with Crippen LogP contribution in [-0.4, -0.2) is 38.9 Å². The van der Waals surface area contributed by atoms with Gasteiger partial charge in [-0.1, -0.05) is 6.92 Å². The van der Waals surface area contributed by atoms with Crippen LogP contribution in [0.25, 0.3) is 0 Å². The van der Waals surface area contributed by atoms with Crippen molar-refractivity contribution in [2.24, 2.45) is 0 Å². The van der Waals surface area contributed by atoms with Crippen LogP contribution in [0, 0.1) is 0 Å². The number of carbonyl (C=O) groups is 1. The molecule has 0 heterocycles. The summed E-state index contributed by atoms with van der Waals surface area (Å²) >= 11 is 0. The minimum atomic E-state index is -0.273. The molecule has 0 radical (unpaired) electrons. The van der Waals surface area contributed by atoms with Crippen molar-refractivity contribution >= 4 is 5.97 Å². The standard InChI is InChI=1S/C9H19NO3/c1-5-8(6-12-3)10-7(2)9(11)13-4/h7-8,10H,5-6H2,1-4H3. The van der Waals surface area contributed by atoms with Gasteiger partial charge in [-0.3, -0.25) is 10.1 Å². The lowest BCUT2D eigenvalue weighted by atomic mass is 10.2. The van der Waals surface area contributed by atoms with Gasteiger partial charge < -0.3 is 9.47 Å². The highest BCUT2D eigenvalue weighted by molar-refractivity contribution is 5.75. The molecule has 0 aliphatic rings. The molecule has 4 heteroatoms. The Balaban J connectivity index is 3.85. The van der Waals surface area contributed by atoms with Gasteiger partial charge in [0, 0.05) is 13.2 Å². The van der Waals surface area contributed by atoms with E-state index in [0.29, 0.717) is 6.61 Å². The molecule has 0 spiro atoms. The molecule has 0 aromatic heterocycles. The van der Waals surface area contributed by atoms with E-state index >= 15 is 0 Å². The summed E-state index contributed by atoms with van der Waals surface area (Å²) < 4.78 is 9.59. The summed E-state index contributed by atoms with van der Waals surface area (Å²) in [4.78, 5) is 11.0. The van der Waals surface area contributed by atoms with E-state index in [1.165, 1.54) is 7.11 Å². The quantitative estimate of drug-likeness (QED) is 0.620. The Labute approximate surface area is 79.6 Å². The van der Waals surface area contributed by atoms with Gasteiger partial charge in [0.2, 0.25) is 0 Å². The van der Waals surface area contributed by atoms with Crippen LogP contribution in [0.5, 0.6) is 0 Å². The number of rotatable bonds is 6. The molecule has 0 aliphatic carbocycles. The molecule has 13 heavy (non-hydrogen) atoms. The molecule has 0 aromatic carbocycles. The van der Waals surface area contributed by atoms with Gasteiger partial charge in [-0.2, -0.15) is 0 Å². The molecule has 2 unspecified atom stereocenters. The Hall–Kier alpha value is -0.610. The first-order valence-electron chi connectivity index (χ1n) is 4.48. The number of carbonyl (C=O) groups excluding carboxylic acids is 1. The normalized spacial score (nSPS) is 15.1. The largest absolute Gasteiger partial charge is 0.468 e. The van der Waals surface area contributed by atoms with Crippen LogP contribution in [0.3, 0.4) is 0 Å². The minimum Gasteiger partial charge on any atom is -0.468 e. The summed E-state index contributed by atoms with van der Waals surface area (Å²) in [5.74, 6) is -0.241. The summed E-state index contributed by atoms with van der Waals surface area (Å²) in [6, 6.07) is -0.0656. The molecule has 2 atom stereocenters. The Morgan fingerprint density at radius 2 is 2.08 bits per heavy atom. The number of esters is 1. The van der Waals surface area contributed by atoms with Crippen molar-refractivity contribution < 1.29 is 14.3 Å². The van der Waals surface area contributed by atoms with Crippen molar-refractivity contribution in [2.75, 3.05) is 20.8 Å². The first-order chi connectivity index (χ1) is 6.15. The van der Waals surface area contributed by atoms with E-state index in [1.54, 1.807) is 14.0 Å². The topological polar surface area (TPSA) is 47.6 Å². The van der Waals surface area contributed by atoms with Crippen molar-refractivity contribution in [1.29, 1.82) is 0 Å². The lowest BCUT2D eigenvalue weighted by Crippen LogP contribution is -2.43. The van der Waals surface area contributed by atoms with Crippen LogP contribution >= 0.6 is 0 Å². The van der Waals surface area contributed by atoms with Gasteiger partial charge in [-0.25, -0.2) is 0 Å². The molecule has 0 bridgehead atoms. The van der Waals surface area contributed by atoms with E-state index in [4.69, 9.17) is 4.74 Å². The van der Waals surface area contributed by atoms with E-state index in [0.717, 1.165) is 6.42 Å². The average molecular weight is 189 g/mol. The van der Waals surface area contributed by atoms with E-state index in [1.807, 2.05) is 6.92 Å². The van der Waals surface area contributed by atoms with E-state index in [2.05, 4.69) is 10.1 Å².